The molecule has 1 nitrogen and oxygen atoms in total. The fourth-order valence-corrected chi connectivity index (χ4v) is 4.27. The van der Waals surface area contributed by atoms with Crippen molar-refractivity contribution in [3.8, 4) is 0 Å². The average Bonchev–Trinajstić information content (AvgIpc) is 2.73. The second-order valence-electron chi connectivity index (χ2n) is 6.98. The van der Waals surface area contributed by atoms with Crippen molar-refractivity contribution >= 4 is 0 Å². The molecule has 0 saturated carbocycles. The number of rotatable bonds is 8. The zero-order valence-corrected chi connectivity index (χ0v) is 15.6. The summed E-state index contributed by atoms with van der Waals surface area (Å²) in [6.07, 6.45) is 3.49. The first-order chi connectivity index (χ1) is 12.8. The summed E-state index contributed by atoms with van der Waals surface area (Å²) < 4.78 is 0. The van der Waals surface area contributed by atoms with Crippen LogP contribution in [0.15, 0.2) is 91.0 Å². The smallest absolute Gasteiger partial charge is 0.0491 e. The first kappa shape index (κ1) is 18.4. The normalized spacial score (nSPS) is 12.7. The highest BCUT2D eigenvalue weighted by atomic mass is 14.6. The van der Waals surface area contributed by atoms with E-state index in [1.165, 1.54) is 29.5 Å². The maximum Gasteiger partial charge on any atom is 0.0491 e. The molecule has 0 spiro atoms. The van der Waals surface area contributed by atoms with Crippen molar-refractivity contribution in [2.45, 2.75) is 31.6 Å². The molecule has 0 heterocycles. The predicted molar refractivity (Wildman–Crippen MR) is 111 cm³/mol. The molecular weight excluding hydrogens is 314 g/mol. The zero-order chi connectivity index (χ0) is 18.2. The summed E-state index contributed by atoms with van der Waals surface area (Å²) in [6, 6.07) is 32.7. The standard InChI is InChI=1S/C25H29N/c1-2-3-13-24(20-26)25(21-14-7-4-8-15-21,22-16-9-5-10-17-22)23-18-11-6-12-19-23/h4-12,14-19,24H,2-3,13,20,26H2,1H3. The van der Waals surface area contributed by atoms with Crippen molar-refractivity contribution < 1.29 is 0 Å². The Hall–Kier alpha value is -2.38. The van der Waals surface area contributed by atoms with Crippen LogP contribution in [0, 0.1) is 5.92 Å². The van der Waals surface area contributed by atoms with Gasteiger partial charge in [0.1, 0.15) is 0 Å². The second-order valence-corrected chi connectivity index (χ2v) is 6.98. The fraction of sp³-hybridized carbons (Fsp3) is 0.280. The Morgan fingerprint density at radius 3 is 1.38 bits per heavy atom. The highest BCUT2D eigenvalue weighted by Gasteiger charge is 2.42. The average molecular weight is 344 g/mol. The van der Waals surface area contributed by atoms with Gasteiger partial charge >= 0.3 is 0 Å². The Bertz CT molecular complexity index is 668. The summed E-state index contributed by atoms with van der Waals surface area (Å²) in [5.74, 6) is 0.342. The molecule has 0 aromatic heterocycles. The Kier molecular flexibility index (Phi) is 6.25. The Labute approximate surface area is 157 Å². The van der Waals surface area contributed by atoms with Gasteiger partial charge in [-0.3, -0.25) is 0 Å². The molecule has 3 rings (SSSR count). The van der Waals surface area contributed by atoms with Gasteiger partial charge < -0.3 is 5.73 Å². The largest absolute Gasteiger partial charge is 0.330 e. The summed E-state index contributed by atoms with van der Waals surface area (Å²) >= 11 is 0. The minimum Gasteiger partial charge on any atom is -0.330 e. The third kappa shape index (κ3) is 3.45. The van der Waals surface area contributed by atoms with Gasteiger partial charge in [0.05, 0.1) is 0 Å². The molecule has 2 N–H and O–H groups in total. The van der Waals surface area contributed by atoms with Crippen molar-refractivity contribution in [3.05, 3.63) is 108 Å². The molecule has 3 aromatic carbocycles. The zero-order valence-electron chi connectivity index (χ0n) is 15.6. The van der Waals surface area contributed by atoms with Crippen LogP contribution >= 0.6 is 0 Å². The first-order valence-corrected chi connectivity index (χ1v) is 9.70. The van der Waals surface area contributed by atoms with E-state index in [1.807, 2.05) is 0 Å². The van der Waals surface area contributed by atoms with Crippen molar-refractivity contribution in [3.63, 3.8) is 0 Å². The van der Waals surface area contributed by atoms with Gasteiger partial charge in [-0.15, -0.1) is 0 Å². The fourth-order valence-electron chi connectivity index (χ4n) is 4.27. The predicted octanol–water partition coefficient (Wildman–Crippen LogP) is 5.79. The van der Waals surface area contributed by atoms with Crippen LogP contribution < -0.4 is 5.73 Å². The van der Waals surface area contributed by atoms with Gasteiger partial charge in [0.15, 0.2) is 0 Å². The number of benzene rings is 3. The quantitative estimate of drug-likeness (QED) is 0.515. The van der Waals surface area contributed by atoms with Gasteiger partial charge in [0.25, 0.3) is 0 Å². The number of unbranched alkanes of at least 4 members (excludes halogenated alkanes) is 1. The number of hydrogen-bond donors (Lipinski definition) is 1. The maximum absolute atomic E-state index is 6.41. The van der Waals surface area contributed by atoms with Gasteiger partial charge in [-0.25, -0.2) is 0 Å². The number of nitrogens with two attached hydrogens (primary N) is 1. The molecule has 0 amide bonds. The van der Waals surface area contributed by atoms with E-state index in [4.69, 9.17) is 5.73 Å². The van der Waals surface area contributed by atoms with Crippen molar-refractivity contribution in [2.75, 3.05) is 6.54 Å². The van der Waals surface area contributed by atoms with E-state index in [9.17, 15) is 0 Å². The maximum atomic E-state index is 6.41. The third-order valence-electron chi connectivity index (χ3n) is 5.49. The van der Waals surface area contributed by atoms with Crippen LogP contribution in [0.5, 0.6) is 0 Å². The summed E-state index contributed by atoms with van der Waals surface area (Å²) in [5.41, 5.74) is 10.2. The molecule has 0 radical (unpaired) electrons. The van der Waals surface area contributed by atoms with Gasteiger partial charge in [-0.1, -0.05) is 111 Å². The van der Waals surface area contributed by atoms with Gasteiger partial charge in [-0.05, 0) is 35.6 Å². The van der Waals surface area contributed by atoms with Crippen LogP contribution in [0.4, 0.5) is 0 Å². The van der Waals surface area contributed by atoms with Crippen LogP contribution in [0.1, 0.15) is 42.9 Å². The molecule has 0 bridgehead atoms. The molecule has 0 aliphatic heterocycles. The summed E-state index contributed by atoms with van der Waals surface area (Å²) in [6.45, 7) is 2.92. The molecule has 1 heteroatoms. The minimum atomic E-state index is -0.228. The SMILES string of the molecule is CCCCC(CN)C(c1ccccc1)(c1ccccc1)c1ccccc1. The lowest BCUT2D eigenvalue weighted by Gasteiger charge is -2.42. The van der Waals surface area contributed by atoms with Gasteiger partial charge in [-0.2, -0.15) is 0 Å². The Balaban J connectivity index is 2.31. The molecule has 26 heavy (non-hydrogen) atoms. The van der Waals surface area contributed by atoms with E-state index < -0.39 is 0 Å². The lowest BCUT2D eigenvalue weighted by Crippen LogP contribution is -2.41. The molecule has 3 aromatic rings. The van der Waals surface area contributed by atoms with Crippen molar-refractivity contribution in [2.24, 2.45) is 11.7 Å². The van der Waals surface area contributed by atoms with Gasteiger partial charge in [0, 0.05) is 5.41 Å². The van der Waals surface area contributed by atoms with E-state index in [2.05, 4.69) is 97.9 Å². The van der Waals surface area contributed by atoms with Crippen LogP contribution in [-0.2, 0) is 5.41 Å². The van der Waals surface area contributed by atoms with E-state index in [0.29, 0.717) is 12.5 Å². The Morgan fingerprint density at radius 1 is 0.692 bits per heavy atom. The molecule has 1 atom stereocenters. The van der Waals surface area contributed by atoms with Gasteiger partial charge in [0.2, 0.25) is 0 Å². The molecule has 0 aliphatic carbocycles. The van der Waals surface area contributed by atoms with Crippen LogP contribution in [0.3, 0.4) is 0 Å². The third-order valence-corrected chi connectivity index (χ3v) is 5.49. The molecule has 1 unspecified atom stereocenters. The molecule has 0 fully saturated rings. The van der Waals surface area contributed by atoms with E-state index >= 15 is 0 Å². The minimum absolute atomic E-state index is 0.228. The molecule has 0 saturated heterocycles. The van der Waals surface area contributed by atoms with Crippen LogP contribution in [-0.4, -0.2) is 6.54 Å². The number of hydrogen-bond acceptors (Lipinski definition) is 1. The summed E-state index contributed by atoms with van der Waals surface area (Å²) in [5, 5.41) is 0. The monoisotopic (exact) mass is 343 g/mol. The highest BCUT2D eigenvalue weighted by molar-refractivity contribution is 5.51. The van der Waals surface area contributed by atoms with Crippen LogP contribution in [0.25, 0.3) is 0 Å². The molecular formula is C25H29N. The molecule has 134 valence electrons. The van der Waals surface area contributed by atoms with E-state index in [0.717, 1.165) is 6.42 Å². The lowest BCUT2D eigenvalue weighted by molar-refractivity contribution is 0.346. The highest BCUT2D eigenvalue weighted by Crippen LogP contribution is 2.46. The first-order valence-electron chi connectivity index (χ1n) is 9.70. The Morgan fingerprint density at radius 2 is 1.08 bits per heavy atom. The van der Waals surface area contributed by atoms with E-state index in [-0.39, 0.29) is 5.41 Å². The summed E-state index contributed by atoms with van der Waals surface area (Å²) in [4.78, 5) is 0. The topological polar surface area (TPSA) is 26.0 Å². The van der Waals surface area contributed by atoms with Crippen LogP contribution in [0.2, 0.25) is 0 Å². The summed E-state index contributed by atoms with van der Waals surface area (Å²) in [7, 11) is 0. The second kappa shape index (κ2) is 8.82. The lowest BCUT2D eigenvalue weighted by atomic mass is 9.60. The van der Waals surface area contributed by atoms with E-state index in [1.54, 1.807) is 0 Å². The molecule has 0 aliphatic rings. The van der Waals surface area contributed by atoms with Crippen molar-refractivity contribution in [1.29, 1.82) is 0 Å². The van der Waals surface area contributed by atoms with Crippen molar-refractivity contribution in [1.82, 2.24) is 0 Å².